The molecule has 3 unspecified atom stereocenters. The van der Waals surface area contributed by atoms with Crippen molar-refractivity contribution in [1.82, 2.24) is 9.97 Å². The second-order valence-electron chi connectivity index (χ2n) is 11.1. The van der Waals surface area contributed by atoms with Crippen molar-refractivity contribution < 1.29 is 0 Å². The molecule has 2 bridgehead atoms. The molecule has 0 N–H and O–H groups in total. The maximum atomic E-state index is 7.65. The number of hydrogen-bond donors (Lipinski definition) is 0. The van der Waals surface area contributed by atoms with Gasteiger partial charge in [0.25, 0.3) is 0 Å². The first kappa shape index (κ1) is 22.4. The Kier molecular flexibility index (Phi) is 5.18. The Labute approximate surface area is 219 Å². The van der Waals surface area contributed by atoms with Crippen LogP contribution in [0.25, 0.3) is 0 Å². The van der Waals surface area contributed by atoms with E-state index < -0.39 is 0 Å². The number of benzene rings is 2. The van der Waals surface area contributed by atoms with Crippen LogP contribution in [0, 0.1) is 17.3 Å². The minimum atomic E-state index is -0.185. The van der Waals surface area contributed by atoms with Gasteiger partial charge in [0.1, 0.15) is 0 Å². The SMILES string of the molecule is CCc1cccc(N2c3nccnc3N(c3cccc(CC)c3)C2/C(Cl)=C2\C3CCCC4(C3)CC24)c1. The third-order valence-corrected chi connectivity index (χ3v) is 9.60. The zero-order valence-electron chi connectivity index (χ0n) is 21.1. The van der Waals surface area contributed by atoms with E-state index in [1.54, 1.807) is 12.4 Å². The normalized spacial score (nSPS) is 27.8. The zero-order valence-corrected chi connectivity index (χ0v) is 21.9. The highest BCUT2D eigenvalue weighted by atomic mass is 35.5. The Morgan fingerprint density at radius 2 is 1.53 bits per heavy atom. The van der Waals surface area contributed by atoms with Gasteiger partial charge in [-0.3, -0.25) is 9.80 Å². The maximum absolute atomic E-state index is 7.65. The molecule has 0 saturated heterocycles. The average molecular weight is 497 g/mol. The first-order valence-corrected chi connectivity index (χ1v) is 14.0. The van der Waals surface area contributed by atoms with Gasteiger partial charge in [0.15, 0.2) is 17.8 Å². The van der Waals surface area contributed by atoms with Crippen LogP contribution >= 0.6 is 11.6 Å². The molecule has 4 aliphatic rings. The predicted molar refractivity (Wildman–Crippen MR) is 147 cm³/mol. The average Bonchev–Trinajstić information content (AvgIpc) is 3.37. The van der Waals surface area contributed by atoms with Crippen LogP contribution in [0.5, 0.6) is 0 Å². The van der Waals surface area contributed by atoms with Gasteiger partial charge in [0.05, 0.1) is 5.03 Å². The van der Waals surface area contributed by atoms with Crippen LogP contribution in [0.1, 0.15) is 57.1 Å². The summed E-state index contributed by atoms with van der Waals surface area (Å²) in [5.41, 5.74) is 6.94. The fourth-order valence-corrected chi connectivity index (χ4v) is 7.84. The standard InChI is InChI=1S/C31H33ClN4/c1-3-20-8-5-11-23(16-20)35-28-29(34-15-14-33-28)36(24-12-6-9-21(4-2)17-24)30(35)27(32)26-22-10-7-13-31(18-22)19-25(26)31/h5-6,8-9,11-12,14-17,22,25,30H,3-4,7,10,13,18-19H2,1-2H3/b27-26-. The minimum Gasteiger partial charge on any atom is -0.297 e. The van der Waals surface area contributed by atoms with E-state index in [0.717, 1.165) is 40.9 Å². The Balaban J connectivity index is 1.45. The van der Waals surface area contributed by atoms with Gasteiger partial charge in [0.2, 0.25) is 0 Å². The highest BCUT2D eigenvalue weighted by Gasteiger charge is 2.65. The first-order valence-electron chi connectivity index (χ1n) is 13.6. The molecule has 3 aliphatic carbocycles. The number of nitrogens with zero attached hydrogens (tertiary/aromatic N) is 4. The van der Waals surface area contributed by atoms with Gasteiger partial charge < -0.3 is 0 Å². The first-order chi connectivity index (χ1) is 17.6. The molecule has 2 aromatic carbocycles. The summed E-state index contributed by atoms with van der Waals surface area (Å²) in [6, 6.07) is 17.7. The van der Waals surface area contributed by atoms with Crippen LogP contribution in [-0.4, -0.2) is 16.1 Å². The molecule has 4 nitrogen and oxygen atoms in total. The third kappa shape index (κ3) is 3.26. The van der Waals surface area contributed by atoms with Crippen LogP contribution in [-0.2, 0) is 12.8 Å². The lowest BCUT2D eigenvalue weighted by molar-refractivity contribution is 0.312. The molecule has 0 radical (unpaired) electrons. The Hall–Kier alpha value is -2.85. The van der Waals surface area contributed by atoms with Crippen molar-refractivity contribution in [2.45, 2.75) is 65.0 Å². The Morgan fingerprint density at radius 3 is 2.08 bits per heavy atom. The number of allylic oxidation sites excluding steroid dienone is 1. The van der Waals surface area contributed by atoms with Crippen LogP contribution in [0.3, 0.4) is 0 Å². The van der Waals surface area contributed by atoms with Crippen molar-refractivity contribution in [3.8, 4) is 0 Å². The number of anilines is 4. The molecule has 7 rings (SSSR count). The van der Waals surface area contributed by atoms with Gasteiger partial charge in [-0.1, -0.05) is 56.1 Å². The third-order valence-electron chi connectivity index (χ3n) is 9.19. The molecule has 3 atom stereocenters. The highest BCUT2D eigenvalue weighted by Crippen LogP contribution is 2.74. The van der Waals surface area contributed by atoms with E-state index in [-0.39, 0.29) is 6.17 Å². The van der Waals surface area contributed by atoms with Crippen molar-refractivity contribution in [3.05, 3.63) is 82.7 Å². The molecule has 3 aromatic rings. The number of hydrogen-bond acceptors (Lipinski definition) is 4. The summed E-state index contributed by atoms with van der Waals surface area (Å²) in [7, 11) is 0. The van der Waals surface area contributed by atoms with Crippen molar-refractivity contribution >= 4 is 34.6 Å². The lowest BCUT2D eigenvalue weighted by Gasteiger charge is -2.34. The fourth-order valence-electron chi connectivity index (χ4n) is 7.36. The number of rotatable bonds is 5. The van der Waals surface area contributed by atoms with E-state index >= 15 is 0 Å². The van der Waals surface area contributed by atoms with Gasteiger partial charge in [-0.15, -0.1) is 0 Å². The highest BCUT2D eigenvalue weighted by molar-refractivity contribution is 6.31. The van der Waals surface area contributed by atoms with Gasteiger partial charge in [-0.25, -0.2) is 9.97 Å². The van der Waals surface area contributed by atoms with E-state index in [1.165, 1.54) is 48.8 Å². The molecule has 1 aliphatic heterocycles. The second kappa shape index (κ2) is 8.34. The Morgan fingerprint density at radius 1 is 0.917 bits per heavy atom. The monoisotopic (exact) mass is 496 g/mol. The molecular formula is C31H33ClN4. The van der Waals surface area contributed by atoms with Crippen LogP contribution < -0.4 is 9.80 Å². The summed E-state index contributed by atoms with van der Waals surface area (Å²) in [5, 5.41) is 0.995. The lowest BCUT2D eigenvalue weighted by Crippen LogP contribution is -2.40. The van der Waals surface area contributed by atoms with Crippen LogP contribution in [0.2, 0.25) is 0 Å². The summed E-state index contributed by atoms with van der Waals surface area (Å²) >= 11 is 7.65. The van der Waals surface area contributed by atoms with Crippen molar-refractivity contribution in [2.24, 2.45) is 17.3 Å². The van der Waals surface area contributed by atoms with Crippen molar-refractivity contribution in [2.75, 3.05) is 9.80 Å². The predicted octanol–water partition coefficient (Wildman–Crippen LogP) is 7.92. The van der Waals surface area contributed by atoms with Crippen LogP contribution in [0.4, 0.5) is 23.0 Å². The van der Waals surface area contributed by atoms with Gasteiger partial charge in [-0.2, -0.15) is 0 Å². The summed E-state index contributed by atoms with van der Waals surface area (Å²) in [4.78, 5) is 14.5. The smallest absolute Gasteiger partial charge is 0.178 e. The Bertz CT molecular complexity index is 1290. The molecule has 3 saturated carbocycles. The van der Waals surface area contributed by atoms with E-state index in [0.29, 0.717) is 17.3 Å². The topological polar surface area (TPSA) is 32.3 Å². The van der Waals surface area contributed by atoms with Crippen molar-refractivity contribution in [3.63, 3.8) is 0 Å². The molecule has 2 heterocycles. The van der Waals surface area contributed by atoms with Gasteiger partial charge in [0, 0.05) is 23.8 Å². The summed E-state index contributed by atoms with van der Waals surface area (Å²) in [5.74, 6) is 3.04. The number of fused-ring (bicyclic) bond motifs is 2. The number of aromatic nitrogens is 2. The molecule has 184 valence electrons. The summed E-state index contributed by atoms with van der Waals surface area (Å²) in [6.07, 6.45) is 12.0. The van der Waals surface area contributed by atoms with Gasteiger partial charge in [-0.05, 0) is 96.7 Å². The van der Waals surface area contributed by atoms with E-state index in [1.807, 2.05) is 0 Å². The fraction of sp³-hybridized carbons (Fsp3) is 0.419. The lowest BCUT2D eigenvalue weighted by atomic mass is 9.82. The number of aryl methyl sites for hydroxylation is 2. The second-order valence-corrected chi connectivity index (χ2v) is 11.5. The quantitative estimate of drug-likeness (QED) is 0.359. The largest absolute Gasteiger partial charge is 0.297 e. The zero-order chi connectivity index (χ0) is 24.4. The van der Waals surface area contributed by atoms with E-state index in [4.69, 9.17) is 21.6 Å². The molecule has 1 aromatic heterocycles. The summed E-state index contributed by atoms with van der Waals surface area (Å²) in [6.45, 7) is 4.41. The molecule has 5 heteroatoms. The van der Waals surface area contributed by atoms with Gasteiger partial charge >= 0.3 is 0 Å². The van der Waals surface area contributed by atoms with Crippen molar-refractivity contribution in [1.29, 1.82) is 0 Å². The molecule has 3 fully saturated rings. The van der Waals surface area contributed by atoms with E-state index in [9.17, 15) is 0 Å². The number of halogens is 1. The molecular weight excluding hydrogens is 464 g/mol. The molecule has 36 heavy (non-hydrogen) atoms. The minimum absolute atomic E-state index is 0.185. The van der Waals surface area contributed by atoms with E-state index in [2.05, 4.69) is 72.2 Å². The molecule has 1 spiro atoms. The maximum Gasteiger partial charge on any atom is 0.178 e. The molecule has 0 amide bonds. The van der Waals surface area contributed by atoms with Crippen LogP contribution in [0.15, 0.2) is 71.5 Å². The summed E-state index contributed by atoms with van der Waals surface area (Å²) < 4.78 is 0.